The summed E-state index contributed by atoms with van der Waals surface area (Å²) >= 11 is 5.94. The third-order valence-electron chi connectivity index (χ3n) is 5.98. The molecule has 1 unspecified atom stereocenters. The Hall–Kier alpha value is -3.39. The number of rotatable bonds is 7. The van der Waals surface area contributed by atoms with E-state index in [9.17, 15) is 9.59 Å². The van der Waals surface area contributed by atoms with Gasteiger partial charge in [-0.15, -0.1) is 10.2 Å². The minimum Gasteiger partial charge on any atom is -0.495 e. The molecule has 0 spiro atoms. The molecule has 0 radical (unpaired) electrons. The molecule has 2 aromatic carbocycles. The summed E-state index contributed by atoms with van der Waals surface area (Å²) in [7, 11) is 1.57. The predicted octanol–water partition coefficient (Wildman–Crippen LogP) is 3.94. The van der Waals surface area contributed by atoms with Gasteiger partial charge >= 0.3 is 0 Å². The molecule has 8 nitrogen and oxygen atoms in total. The van der Waals surface area contributed by atoms with Crippen LogP contribution in [-0.2, 0) is 16.1 Å². The molecule has 1 saturated carbocycles. The van der Waals surface area contributed by atoms with Crippen molar-refractivity contribution in [1.29, 1.82) is 0 Å². The minimum absolute atomic E-state index is 0.0607. The summed E-state index contributed by atoms with van der Waals surface area (Å²) in [6.45, 7) is 0.546. The quantitative estimate of drug-likeness (QED) is 0.524. The van der Waals surface area contributed by atoms with Gasteiger partial charge in [-0.3, -0.25) is 9.59 Å². The van der Waals surface area contributed by atoms with Gasteiger partial charge in [-0.05, 0) is 49.2 Å². The standard InChI is InChI=1S/C24H23ClN4O4/c1-32-20-5-3-2-4-19(20)29-13-16(12-22(29)30)24(31)28(18-10-11-18)14-21-26-27-23(33-21)15-6-8-17(25)9-7-15/h2-9,16,18H,10-14H2,1H3. The van der Waals surface area contributed by atoms with Gasteiger partial charge in [-0.1, -0.05) is 23.7 Å². The van der Waals surface area contributed by atoms with Gasteiger partial charge in [-0.25, -0.2) is 0 Å². The first-order chi connectivity index (χ1) is 16.0. The molecule has 0 N–H and O–H groups in total. The first kappa shape index (κ1) is 21.5. The van der Waals surface area contributed by atoms with Crippen LogP contribution in [0.4, 0.5) is 5.69 Å². The average Bonchev–Trinajstić information content (AvgIpc) is 3.44. The highest BCUT2D eigenvalue weighted by Gasteiger charge is 2.42. The molecule has 1 atom stereocenters. The van der Waals surface area contributed by atoms with Crippen molar-refractivity contribution in [2.24, 2.45) is 5.92 Å². The molecule has 0 bridgehead atoms. The van der Waals surface area contributed by atoms with Crippen molar-refractivity contribution in [1.82, 2.24) is 15.1 Å². The number of amides is 2. The van der Waals surface area contributed by atoms with Gasteiger partial charge in [0.25, 0.3) is 0 Å². The third-order valence-corrected chi connectivity index (χ3v) is 6.24. The van der Waals surface area contributed by atoms with E-state index in [1.165, 1.54) is 0 Å². The molecule has 2 fully saturated rings. The van der Waals surface area contributed by atoms with Crippen LogP contribution in [0.15, 0.2) is 52.9 Å². The van der Waals surface area contributed by atoms with Gasteiger partial charge in [-0.2, -0.15) is 0 Å². The second kappa shape index (κ2) is 8.86. The lowest BCUT2D eigenvalue weighted by molar-refractivity contribution is -0.137. The summed E-state index contributed by atoms with van der Waals surface area (Å²) in [6, 6.07) is 14.6. The van der Waals surface area contributed by atoms with Gasteiger partial charge in [0.05, 0.1) is 25.3 Å². The Morgan fingerprint density at radius 1 is 1.18 bits per heavy atom. The number of carbonyl (C=O) groups is 2. The van der Waals surface area contributed by atoms with Crippen LogP contribution in [-0.4, -0.2) is 46.6 Å². The summed E-state index contributed by atoms with van der Waals surface area (Å²) in [5.74, 6) is 0.778. The number of ether oxygens (including phenoxy) is 1. The van der Waals surface area contributed by atoms with Gasteiger partial charge < -0.3 is 19.0 Å². The maximum absolute atomic E-state index is 13.4. The molecule has 3 aromatic rings. The molecule has 170 valence electrons. The van der Waals surface area contributed by atoms with E-state index >= 15 is 0 Å². The zero-order valence-electron chi connectivity index (χ0n) is 18.1. The molecular formula is C24H23ClN4O4. The molecular weight excluding hydrogens is 444 g/mol. The van der Waals surface area contributed by atoms with E-state index in [0.29, 0.717) is 34.8 Å². The van der Waals surface area contributed by atoms with Gasteiger partial charge in [0.15, 0.2) is 0 Å². The highest BCUT2D eigenvalue weighted by molar-refractivity contribution is 6.30. The lowest BCUT2D eigenvalue weighted by Crippen LogP contribution is -2.38. The number of hydrogen-bond donors (Lipinski definition) is 0. The highest BCUT2D eigenvalue weighted by Crippen LogP contribution is 2.36. The Labute approximate surface area is 196 Å². The molecule has 1 aromatic heterocycles. The van der Waals surface area contributed by atoms with Crippen LogP contribution in [0.5, 0.6) is 5.75 Å². The van der Waals surface area contributed by atoms with E-state index in [2.05, 4.69) is 10.2 Å². The number of carbonyl (C=O) groups excluding carboxylic acids is 2. The number of benzene rings is 2. The Morgan fingerprint density at radius 3 is 2.67 bits per heavy atom. The summed E-state index contributed by atoms with van der Waals surface area (Å²) in [6.07, 6.45) is 2.03. The average molecular weight is 467 g/mol. The second-order valence-corrected chi connectivity index (χ2v) is 8.72. The topological polar surface area (TPSA) is 88.8 Å². The molecule has 5 rings (SSSR count). The fraction of sp³-hybridized carbons (Fsp3) is 0.333. The van der Waals surface area contributed by atoms with E-state index in [4.69, 9.17) is 20.8 Å². The number of anilines is 1. The van der Waals surface area contributed by atoms with E-state index in [1.54, 1.807) is 41.2 Å². The zero-order valence-corrected chi connectivity index (χ0v) is 18.9. The largest absolute Gasteiger partial charge is 0.495 e. The van der Waals surface area contributed by atoms with Crippen molar-refractivity contribution in [3.8, 4) is 17.2 Å². The molecule has 9 heteroatoms. The van der Waals surface area contributed by atoms with Crippen LogP contribution < -0.4 is 9.64 Å². The van der Waals surface area contributed by atoms with Crippen LogP contribution in [0.2, 0.25) is 5.02 Å². The summed E-state index contributed by atoms with van der Waals surface area (Å²) in [5.41, 5.74) is 1.44. The Morgan fingerprint density at radius 2 is 1.94 bits per heavy atom. The van der Waals surface area contributed by atoms with Crippen molar-refractivity contribution < 1.29 is 18.7 Å². The number of aromatic nitrogens is 2. The summed E-state index contributed by atoms with van der Waals surface area (Å²) < 4.78 is 11.2. The van der Waals surface area contributed by atoms with Crippen LogP contribution in [0.3, 0.4) is 0 Å². The summed E-state index contributed by atoms with van der Waals surface area (Å²) in [5, 5.41) is 8.87. The van der Waals surface area contributed by atoms with Crippen molar-refractivity contribution >= 4 is 29.1 Å². The monoisotopic (exact) mass is 466 g/mol. The summed E-state index contributed by atoms with van der Waals surface area (Å²) in [4.78, 5) is 29.6. The fourth-order valence-electron chi connectivity index (χ4n) is 4.14. The fourth-order valence-corrected chi connectivity index (χ4v) is 4.26. The van der Waals surface area contributed by atoms with Crippen LogP contribution in [0.25, 0.3) is 11.5 Å². The lowest BCUT2D eigenvalue weighted by atomic mass is 10.1. The molecule has 2 heterocycles. The molecule has 33 heavy (non-hydrogen) atoms. The van der Waals surface area contributed by atoms with Gasteiger partial charge in [0.2, 0.25) is 23.6 Å². The number of halogens is 1. The molecule has 1 aliphatic heterocycles. The Balaban J connectivity index is 1.31. The lowest BCUT2D eigenvalue weighted by Gasteiger charge is -2.24. The van der Waals surface area contributed by atoms with Gasteiger partial charge in [0.1, 0.15) is 5.75 Å². The number of nitrogens with zero attached hydrogens (tertiary/aromatic N) is 4. The van der Waals surface area contributed by atoms with E-state index in [-0.39, 0.29) is 30.8 Å². The van der Waals surface area contributed by atoms with Crippen LogP contribution in [0, 0.1) is 5.92 Å². The first-order valence-electron chi connectivity index (χ1n) is 10.9. The van der Waals surface area contributed by atoms with E-state index < -0.39 is 5.92 Å². The van der Waals surface area contributed by atoms with Crippen LogP contribution in [0.1, 0.15) is 25.2 Å². The molecule has 1 saturated heterocycles. The maximum Gasteiger partial charge on any atom is 0.247 e. The molecule has 1 aliphatic carbocycles. The van der Waals surface area contributed by atoms with Crippen molar-refractivity contribution in [3.05, 3.63) is 59.4 Å². The number of methoxy groups -OCH3 is 1. The van der Waals surface area contributed by atoms with Crippen molar-refractivity contribution in [2.75, 3.05) is 18.6 Å². The predicted molar refractivity (Wildman–Crippen MR) is 122 cm³/mol. The number of hydrogen-bond acceptors (Lipinski definition) is 6. The first-order valence-corrected chi connectivity index (χ1v) is 11.2. The van der Waals surface area contributed by atoms with Crippen LogP contribution >= 0.6 is 11.6 Å². The number of para-hydroxylation sites is 2. The van der Waals surface area contributed by atoms with Gasteiger partial charge in [0, 0.05) is 29.6 Å². The highest BCUT2D eigenvalue weighted by atomic mass is 35.5. The van der Waals surface area contributed by atoms with E-state index in [0.717, 1.165) is 18.4 Å². The van der Waals surface area contributed by atoms with Crippen molar-refractivity contribution in [3.63, 3.8) is 0 Å². The minimum atomic E-state index is -0.429. The maximum atomic E-state index is 13.4. The second-order valence-electron chi connectivity index (χ2n) is 8.28. The molecule has 2 aliphatic rings. The Kier molecular flexibility index (Phi) is 5.76. The SMILES string of the molecule is COc1ccccc1N1CC(C(=O)N(Cc2nnc(-c3ccc(Cl)cc3)o2)C2CC2)CC1=O. The third kappa shape index (κ3) is 4.43. The van der Waals surface area contributed by atoms with E-state index in [1.807, 2.05) is 24.3 Å². The molecule has 2 amide bonds. The normalized spacial score (nSPS) is 17.9. The smallest absolute Gasteiger partial charge is 0.247 e. The zero-order chi connectivity index (χ0) is 22.9. The Bertz CT molecular complexity index is 1180. The van der Waals surface area contributed by atoms with Crippen molar-refractivity contribution in [2.45, 2.75) is 31.8 Å².